The lowest BCUT2D eigenvalue weighted by Crippen LogP contribution is -2.24. The largest absolute Gasteiger partial charge is 0.494 e. The molecule has 1 aromatic carbocycles. The lowest BCUT2D eigenvalue weighted by atomic mass is 10.1. The highest BCUT2D eigenvalue weighted by Crippen LogP contribution is 2.18. The second kappa shape index (κ2) is 8.29. The van der Waals surface area contributed by atoms with Crippen LogP contribution >= 0.6 is 0 Å². The average Bonchev–Trinajstić information content (AvgIpc) is 3.03. The molecule has 1 N–H and O–H groups in total. The highest BCUT2D eigenvalue weighted by molar-refractivity contribution is 5.78. The Morgan fingerprint density at radius 3 is 2.58 bits per heavy atom. The van der Waals surface area contributed by atoms with Crippen LogP contribution in [0.1, 0.15) is 18.2 Å². The molecule has 1 amide bonds. The Morgan fingerprint density at radius 2 is 1.88 bits per heavy atom. The quantitative estimate of drug-likeness (QED) is 0.711. The van der Waals surface area contributed by atoms with Gasteiger partial charge in [-0.2, -0.15) is 5.10 Å². The fraction of sp³-hybridized carbons (Fsp3) is 0.250. The van der Waals surface area contributed by atoms with Gasteiger partial charge >= 0.3 is 0 Å². The number of nitrogens with zero attached hydrogens (tertiary/aromatic N) is 3. The molecule has 6 nitrogen and oxygen atoms in total. The van der Waals surface area contributed by atoms with Crippen LogP contribution in [0, 0.1) is 0 Å². The van der Waals surface area contributed by atoms with Crippen molar-refractivity contribution in [1.29, 1.82) is 0 Å². The summed E-state index contributed by atoms with van der Waals surface area (Å²) in [4.78, 5) is 16.2. The number of aryl methyl sites for hydroxylation is 1. The third-order valence-electron chi connectivity index (χ3n) is 3.97. The van der Waals surface area contributed by atoms with Gasteiger partial charge in [0.05, 0.1) is 31.0 Å². The zero-order chi connectivity index (χ0) is 18.4. The molecule has 3 rings (SSSR count). The highest BCUT2D eigenvalue weighted by Gasteiger charge is 2.09. The van der Waals surface area contributed by atoms with E-state index in [1.807, 2.05) is 61.1 Å². The van der Waals surface area contributed by atoms with Gasteiger partial charge in [0.15, 0.2) is 0 Å². The number of rotatable bonds is 7. The van der Waals surface area contributed by atoms with E-state index in [1.165, 1.54) is 0 Å². The molecule has 134 valence electrons. The number of benzene rings is 1. The minimum Gasteiger partial charge on any atom is -0.494 e. The zero-order valence-corrected chi connectivity index (χ0v) is 15.0. The second-order valence-corrected chi connectivity index (χ2v) is 5.91. The number of hydrogen-bond acceptors (Lipinski definition) is 4. The Hall–Kier alpha value is -3.15. The standard InChI is InChI=1S/C20H22N4O2/c1-3-26-18-6-4-15(5-7-18)12-20(25)22-14-17-13-19(24(2)23-17)16-8-10-21-11-9-16/h4-11,13H,3,12,14H2,1-2H3,(H,22,25). The predicted octanol–water partition coefficient (Wildman–Crippen LogP) is 2.74. The summed E-state index contributed by atoms with van der Waals surface area (Å²) in [5.41, 5.74) is 3.80. The minimum absolute atomic E-state index is 0.0368. The first-order valence-electron chi connectivity index (χ1n) is 8.57. The molecular weight excluding hydrogens is 328 g/mol. The van der Waals surface area contributed by atoms with Crippen LogP contribution in [0.25, 0.3) is 11.3 Å². The van der Waals surface area contributed by atoms with Crippen LogP contribution in [0.4, 0.5) is 0 Å². The van der Waals surface area contributed by atoms with Gasteiger partial charge in [-0.25, -0.2) is 0 Å². The number of hydrogen-bond donors (Lipinski definition) is 1. The number of ether oxygens (including phenoxy) is 1. The summed E-state index contributed by atoms with van der Waals surface area (Å²) in [6, 6.07) is 13.4. The summed E-state index contributed by atoms with van der Waals surface area (Å²) >= 11 is 0. The molecule has 26 heavy (non-hydrogen) atoms. The second-order valence-electron chi connectivity index (χ2n) is 5.91. The number of carbonyl (C=O) groups excluding carboxylic acids is 1. The Kier molecular flexibility index (Phi) is 5.63. The van der Waals surface area contributed by atoms with Gasteiger partial charge in [0.25, 0.3) is 0 Å². The minimum atomic E-state index is -0.0368. The number of nitrogens with one attached hydrogen (secondary N) is 1. The van der Waals surface area contributed by atoms with Crippen LogP contribution in [0.15, 0.2) is 54.9 Å². The van der Waals surface area contributed by atoms with E-state index in [0.29, 0.717) is 19.6 Å². The van der Waals surface area contributed by atoms with Crippen LogP contribution < -0.4 is 10.1 Å². The maximum absolute atomic E-state index is 12.2. The monoisotopic (exact) mass is 350 g/mol. The molecule has 0 atom stereocenters. The Bertz CT molecular complexity index is 857. The maximum atomic E-state index is 12.2. The van der Waals surface area contributed by atoms with E-state index in [0.717, 1.165) is 28.3 Å². The summed E-state index contributed by atoms with van der Waals surface area (Å²) in [7, 11) is 1.89. The van der Waals surface area contributed by atoms with E-state index in [9.17, 15) is 4.79 Å². The highest BCUT2D eigenvalue weighted by atomic mass is 16.5. The fourth-order valence-electron chi connectivity index (χ4n) is 2.71. The van der Waals surface area contributed by atoms with Crippen molar-refractivity contribution in [2.45, 2.75) is 19.9 Å². The van der Waals surface area contributed by atoms with E-state index in [2.05, 4.69) is 15.4 Å². The lowest BCUT2D eigenvalue weighted by molar-refractivity contribution is -0.120. The van der Waals surface area contributed by atoms with Gasteiger partial charge in [0.1, 0.15) is 5.75 Å². The molecule has 0 saturated heterocycles. The van der Waals surface area contributed by atoms with Gasteiger partial charge in [-0.15, -0.1) is 0 Å². The van der Waals surface area contributed by atoms with Crippen molar-refractivity contribution in [3.05, 3.63) is 66.1 Å². The number of carbonyl (C=O) groups is 1. The molecular formula is C20H22N4O2. The number of pyridine rings is 1. The van der Waals surface area contributed by atoms with Gasteiger partial charge in [-0.05, 0) is 42.8 Å². The zero-order valence-electron chi connectivity index (χ0n) is 15.0. The molecule has 0 fully saturated rings. The van der Waals surface area contributed by atoms with Gasteiger partial charge in [0, 0.05) is 25.0 Å². The molecule has 0 spiro atoms. The molecule has 2 heterocycles. The molecule has 0 bridgehead atoms. The van der Waals surface area contributed by atoms with Crippen LogP contribution in [0.5, 0.6) is 5.75 Å². The van der Waals surface area contributed by atoms with Gasteiger partial charge in [0.2, 0.25) is 5.91 Å². The van der Waals surface area contributed by atoms with E-state index in [1.54, 1.807) is 12.4 Å². The van der Waals surface area contributed by atoms with Gasteiger partial charge in [-0.1, -0.05) is 12.1 Å². The van der Waals surface area contributed by atoms with Crippen molar-refractivity contribution in [2.75, 3.05) is 6.61 Å². The van der Waals surface area contributed by atoms with Crippen molar-refractivity contribution >= 4 is 5.91 Å². The SMILES string of the molecule is CCOc1ccc(CC(=O)NCc2cc(-c3ccncc3)n(C)n2)cc1. The van der Waals surface area contributed by atoms with Crippen molar-refractivity contribution < 1.29 is 9.53 Å². The smallest absolute Gasteiger partial charge is 0.224 e. The fourth-order valence-corrected chi connectivity index (χ4v) is 2.71. The molecule has 2 aromatic heterocycles. The third-order valence-corrected chi connectivity index (χ3v) is 3.97. The van der Waals surface area contributed by atoms with Crippen LogP contribution in [-0.4, -0.2) is 27.3 Å². The van der Waals surface area contributed by atoms with Crippen molar-refractivity contribution in [1.82, 2.24) is 20.1 Å². The molecule has 3 aromatic rings. The molecule has 0 saturated carbocycles. The lowest BCUT2D eigenvalue weighted by Gasteiger charge is -2.06. The van der Waals surface area contributed by atoms with Crippen molar-refractivity contribution in [3.8, 4) is 17.0 Å². The van der Waals surface area contributed by atoms with Crippen LogP contribution in [-0.2, 0) is 24.8 Å². The third kappa shape index (κ3) is 4.47. The van der Waals surface area contributed by atoms with Gasteiger partial charge in [-0.3, -0.25) is 14.5 Å². The molecule has 6 heteroatoms. The summed E-state index contributed by atoms with van der Waals surface area (Å²) in [5, 5.41) is 7.38. The summed E-state index contributed by atoms with van der Waals surface area (Å²) < 4.78 is 7.21. The van der Waals surface area contributed by atoms with Crippen molar-refractivity contribution in [3.63, 3.8) is 0 Å². The number of amides is 1. The predicted molar refractivity (Wildman–Crippen MR) is 99.6 cm³/mol. The molecule has 0 aliphatic heterocycles. The first kappa shape index (κ1) is 17.7. The first-order chi connectivity index (χ1) is 12.7. The summed E-state index contributed by atoms with van der Waals surface area (Å²) in [5.74, 6) is 0.777. The van der Waals surface area contributed by atoms with Crippen LogP contribution in [0.2, 0.25) is 0 Å². The molecule has 0 aliphatic rings. The van der Waals surface area contributed by atoms with Crippen LogP contribution in [0.3, 0.4) is 0 Å². The maximum Gasteiger partial charge on any atom is 0.224 e. The topological polar surface area (TPSA) is 69.0 Å². The number of aromatic nitrogens is 3. The Labute approximate surface area is 152 Å². The molecule has 0 radical (unpaired) electrons. The van der Waals surface area contributed by atoms with E-state index in [-0.39, 0.29) is 5.91 Å². The van der Waals surface area contributed by atoms with E-state index >= 15 is 0 Å². The first-order valence-corrected chi connectivity index (χ1v) is 8.57. The molecule has 0 aliphatic carbocycles. The summed E-state index contributed by atoms with van der Waals surface area (Å²) in [6.45, 7) is 2.97. The summed E-state index contributed by atoms with van der Waals surface area (Å²) in [6.07, 6.45) is 3.83. The normalized spacial score (nSPS) is 10.5. The van der Waals surface area contributed by atoms with E-state index < -0.39 is 0 Å². The van der Waals surface area contributed by atoms with Gasteiger partial charge < -0.3 is 10.1 Å². The van der Waals surface area contributed by atoms with Crippen molar-refractivity contribution in [2.24, 2.45) is 7.05 Å². The molecule has 0 unspecified atom stereocenters. The average molecular weight is 350 g/mol. The Morgan fingerprint density at radius 1 is 1.15 bits per heavy atom. The Balaban J connectivity index is 1.56. The van der Waals surface area contributed by atoms with E-state index in [4.69, 9.17) is 4.74 Å².